The Morgan fingerprint density at radius 2 is 2.20 bits per heavy atom. The van der Waals surface area contributed by atoms with Crippen molar-refractivity contribution in [3.05, 3.63) is 44.2 Å². The molecule has 0 amide bonds. The van der Waals surface area contributed by atoms with Crippen LogP contribution in [-0.2, 0) is 22.4 Å². The third kappa shape index (κ3) is 5.11. The Labute approximate surface area is 189 Å². The van der Waals surface area contributed by atoms with Crippen molar-refractivity contribution < 1.29 is 14.3 Å². The minimum Gasteiger partial charge on any atom is -0.481 e. The van der Waals surface area contributed by atoms with E-state index in [9.17, 15) is 10.1 Å². The molecule has 1 aliphatic rings. The first kappa shape index (κ1) is 22.5. The molecule has 1 aliphatic carbocycles. The van der Waals surface area contributed by atoms with Crippen LogP contribution in [0.2, 0.25) is 0 Å². The molecule has 0 N–H and O–H groups in total. The second kappa shape index (κ2) is 9.32. The molecule has 158 valence electrons. The summed E-state index contributed by atoms with van der Waals surface area (Å²) >= 11 is 5.10. The number of fused-ring (bicyclic) bond motifs is 1. The number of halogens is 1. The average Bonchev–Trinajstić information content (AvgIpc) is 3.07. The summed E-state index contributed by atoms with van der Waals surface area (Å²) in [5.74, 6) is 0.738. The lowest BCUT2D eigenvalue weighted by atomic mass is 9.72. The molecule has 0 bridgehead atoms. The fourth-order valence-corrected chi connectivity index (χ4v) is 5.29. The minimum atomic E-state index is -0.438. The third-order valence-corrected chi connectivity index (χ3v) is 7.23. The molecule has 0 aliphatic heterocycles. The molecule has 0 saturated heterocycles. The van der Waals surface area contributed by atoms with Gasteiger partial charge in [-0.2, -0.15) is 5.26 Å². The Morgan fingerprint density at radius 1 is 1.43 bits per heavy atom. The molecule has 0 unspecified atom stereocenters. The molecule has 1 heterocycles. The van der Waals surface area contributed by atoms with Crippen molar-refractivity contribution in [3.8, 4) is 11.8 Å². The highest BCUT2D eigenvalue weighted by atomic mass is 79.9. The molecule has 5 nitrogen and oxygen atoms in total. The highest BCUT2D eigenvalue weighted by Crippen LogP contribution is 2.44. The van der Waals surface area contributed by atoms with Crippen LogP contribution in [0.15, 0.2) is 27.7 Å². The van der Waals surface area contributed by atoms with E-state index in [0.29, 0.717) is 16.1 Å². The minimum absolute atomic E-state index is 0.148. The van der Waals surface area contributed by atoms with Gasteiger partial charge < -0.3 is 9.47 Å². The van der Waals surface area contributed by atoms with Gasteiger partial charge in [0.25, 0.3) is 0 Å². The van der Waals surface area contributed by atoms with Gasteiger partial charge in [-0.15, -0.1) is 11.3 Å². The van der Waals surface area contributed by atoms with E-state index >= 15 is 0 Å². The highest BCUT2D eigenvalue weighted by molar-refractivity contribution is 9.10. The van der Waals surface area contributed by atoms with E-state index in [-0.39, 0.29) is 12.0 Å². The van der Waals surface area contributed by atoms with Crippen LogP contribution in [0, 0.1) is 22.7 Å². The number of hydrogen-bond donors (Lipinski definition) is 0. The predicted octanol–water partition coefficient (Wildman–Crippen LogP) is 5.84. The maximum Gasteiger partial charge on any atom is 0.343 e. The average molecular weight is 489 g/mol. The van der Waals surface area contributed by atoms with E-state index in [1.807, 2.05) is 12.1 Å². The van der Waals surface area contributed by atoms with Crippen molar-refractivity contribution >= 4 is 44.5 Å². The van der Waals surface area contributed by atoms with Crippen molar-refractivity contribution in [3.63, 3.8) is 0 Å². The molecular weight excluding hydrogens is 464 g/mol. The number of carbonyl (C=O) groups excluding carboxylic acids is 1. The second-order valence-corrected chi connectivity index (χ2v) is 10.4. The van der Waals surface area contributed by atoms with E-state index < -0.39 is 5.97 Å². The zero-order valence-corrected chi connectivity index (χ0v) is 20.0. The van der Waals surface area contributed by atoms with E-state index in [4.69, 9.17) is 4.74 Å². The molecule has 0 saturated carbocycles. The summed E-state index contributed by atoms with van der Waals surface area (Å²) in [6.45, 7) is 6.72. The van der Waals surface area contributed by atoms with Gasteiger partial charge in [0.05, 0.1) is 17.1 Å². The molecule has 1 aromatic heterocycles. The number of carbonyl (C=O) groups is 1. The summed E-state index contributed by atoms with van der Waals surface area (Å²) in [6, 6.07) is 7.86. The van der Waals surface area contributed by atoms with Crippen LogP contribution in [0.4, 0.5) is 5.00 Å². The number of esters is 1. The van der Waals surface area contributed by atoms with E-state index in [1.165, 1.54) is 17.6 Å². The fourth-order valence-electron chi connectivity index (χ4n) is 3.56. The second-order valence-electron chi connectivity index (χ2n) is 8.41. The highest BCUT2D eigenvalue weighted by Gasteiger charge is 2.32. The lowest BCUT2D eigenvalue weighted by Gasteiger charge is -2.33. The fraction of sp³-hybridized carbons (Fsp3) is 0.435. The molecule has 3 rings (SSSR count). The zero-order chi connectivity index (χ0) is 21.9. The van der Waals surface area contributed by atoms with Crippen LogP contribution < -0.4 is 4.74 Å². The number of benzene rings is 1. The summed E-state index contributed by atoms with van der Waals surface area (Å²) < 4.78 is 10.7. The van der Waals surface area contributed by atoms with Gasteiger partial charge in [0.2, 0.25) is 0 Å². The van der Waals surface area contributed by atoms with Gasteiger partial charge in [0.15, 0.2) is 6.61 Å². The molecule has 2 aromatic rings. The van der Waals surface area contributed by atoms with Crippen LogP contribution in [0.3, 0.4) is 0 Å². The maximum atomic E-state index is 11.2. The van der Waals surface area contributed by atoms with Gasteiger partial charge in [-0.1, -0.05) is 20.8 Å². The van der Waals surface area contributed by atoms with Crippen molar-refractivity contribution in [2.45, 2.75) is 40.0 Å². The zero-order valence-electron chi connectivity index (χ0n) is 17.6. The van der Waals surface area contributed by atoms with Gasteiger partial charge >= 0.3 is 5.97 Å². The number of nitriles is 1. The van der Waals surface area contributed by atoms with E-state index in [1.54, 1.807) is 23.6 Å². The number of nitrogens with zero attached hydrogens (tertiary/aromatic N) is 2. The summed E-state index contributed by atoms with van der Waals surface area (Å²) in [4.78, 5) is 17.2. The van der Waals surface area contributed by atoms with Crippen LogP contribution in [0.5, 0.6) is 5.75 Å². The lowest BCUT2D eigenvalue weighted by Crippen LogP contribution is -2.26. The molecule has 0 fully saturated rings. The normalized spacial score (nSPS) is 16.2. The molecule has 1 atom stereocenters. The van der Waals surface area contributed by atoms with Gasteiger partial charge in [0, 0.05) is 11.1 Å². The smallest absolute Gasteiger partial charge is 0.343 e. The SMILES string of the molecule is COC(=O)COc1ccc(C=Nc2sc3c(c2C#N)CC[C@H](C(C)(C)C)C3)cc1Br. The summed E-state index contributed by atoms with van der Waals surface area (Å²) in [5.41, 5.74) is 3.04. The molecule has 7 heteroatoms. The van der Waals surface area contributed by atoms with Crippen molar-refractivity contribution in [2.75, 3.05) is 13.7 Å². The molecule has 30 heavy (non-hydrogen) atoms. The summed E-state index contributed by atoms with van der Waals surface area (Å²) in [6.07, 6.45) is 4.84. The molecular formula is C23H25BrN2O3S. The summed E-state index contributed by atoms with van der Waals surface area (Å²) in [7, 11) is 1.32. The third-order valence-electron chi connectivity index (χ3n) is 5.44. The lowest BCUT2D eigenvalue weighted by molar-refractivity contribution is -0.142. The van der Waals surface area contributed by atoms with Gasteiger partial charge in [-0.05, 0) is 75.9 Å². The van der Waals surface area contributed by atoms with Gasteiger partial charge in [-0.25, -0.2) is 9.79 Å². The quantitative estimate of drug-likeness (QED) is 0.391. The van der Waals surface area contributed by atoms with E-state index in [2.05, 4.69) is 52.5 Å². The summed E-state index contributed by atoms with van der Waals surface area (Å²) in [5, 5.41) is 10.5. The topological polar surface area (TPSA) is 71.7 Å². The van der Waals surface area contributed by atoms with Crippen LogP contribution in [0.1, 0.15) is 48.8 Å². The Morgan fingerprint density at radius 3 is 2.83 bits per heavy atom. The number of methoxy groups -OCH3 is 1. The maximum absolute atomic E-state index is 11.2. The van der Waals surface area contributed by atoms with Crippen molar-refractivity contribution in [1.29, 1.82) is 5.26 Å². The predicted molar refractivity (Wildman–Crippen MR) is 123 cm³/mol. The van der Waals surface area contributed by atoms with E-state index in [0.717, 1.165) is 35.4 Å². The first-order valence-electron chi connectivity index (χ1n) is 9.80. The first-order chi connectivity index (χ1) is 14.2. The standard InChI is InChI=1S/C23H25BrN2O3S/c1-23(2,3)15-6-7-16-17(11-25)22(30-20(16)10-15)26-12-14-5-8-19(18(24)9-14)29-13-21(27)28-4/h5,8-9,12,15H,6-7,10,13H2,1-4H3/t15-/m0/s1. The Hall–Kier alpha value is -2.17. The van der Waals surface area contributed by atoms with Crippen LogP contribution >= 0.6 is 27.3 Å². The number of thiophene rings is 1. The number of ether oxygens (including phenoxy) is 2. The molecule has 0 radical (unpaired) electrons. The van der Waals surface area contributed by atoms with Gasteiger partial charge in [-0.3, -0.25) is 0 Å². The van der Waals surface area contributed by atoms with Crippen LogP contribution in [0.25, 0.3) is 0 Å². The number of aliphatic imine (C=N–C) groups is 1. The Bertz CT molecular complexity index is 1010. The first-order valence-corrected chi connectivity index (χ1v) is 11.4. The number of rotatable bonds is 5. The van der Waals surface area contributed by atoms with Gasteiger partial charge in [0.1, 0.15) is 16.8 Å². The van der Waals surface area contributed by atoms with Crippen molar-refractivity contribution in [2.24, 2.45) is 16.3 Å². The molecule has 1 aromatic carbocycles. The monoisotopic (exact) mass is 488 g/mol. The van der Waals surface area contributed by atoms with Crippen molar-refractivity contribution in [1.82, 2.24) is 0 Å². The largest absolute Gasteiger partial charge is 0.481 e. The number of hydrogen-bond acceptors (Lipinski definition) is 6. The Kier molecular flexibility index (Phi) is 6.99. The van der Waals surface area contributed by atoms with Crippen LogP contribution in [-0.4, -0.2) is 25.9 Å². The Balaban J connectivity index is 1.78. The molecule has 0 spiro atoms.